The van der Waals surface area contributed by atoms with Gasteiger partial charge in [0.25, 0.3) is 0 Å². The highest BCUT2D eigenvalue weighted by atomic mass is 19.1. The van der Waals surface area contributed by atoms with Gasteiger partial charge in [0.05, 0.1) is 23.3 Å². The Morgan fingerprint density at radius 2 is 2.00 bits per heavy atom. The van der Waals surface area contributed by atoms with Gasteiger partial charge in [0.2, 0.25) is 0 Å². The molecule has 1 aromatic heterocycles. The highest BCUT2D eigenvalue weighted by molar-refractivity contribution is 6.03. The number of aliphatic hydroxyl groups excluding tert-OH is 1. The highest BCUT2D eigenvalue weighted by Crippen LogP contribution is 2.24. The minimum atomic E-state index is -0.882. The number of nitrogens with one attached hydrogen (secondary N) is 3. The first-order valence-corrected chi connectivity index (χ1v) is 11.5. The molecular formula is C24H36FN5O2. The van der Waals surface area contributed by atoms with Crippen LogP contribution < -0.4 is 16.4 Å². The third-order valence-electron chi connectivity index (χ3n) is 6.05. The summed E-state index contributed by atoms with van der Waals surface area (Å²) >= 11 is 0. The van der Waals surface area contributed by atoms with Crippen molar-refractivity contribution in [1.29, 1.82) is 5.41 Å². The summed E-state index contributed by atoms with van der Waals surface area (Å²) in [5.74, 6) is 0.167. The van der Waals surface area contributed by atoms with Gasteiger partial charge in [-0.1, -0.05) is 19.3 Å². The maximum atomic E-state index is 14.1. The quantitative estimate of drug-likeness (QED) is 0.228. The fourth-order valence-corrected chi connectivity index (χ4v) is 4.12. The smallest absolute Gasteiger partial charge is 0.137 e. The SMILES string of the molecule is Cc1cc2cc(C(=N)NC(C)O)c(NCCC(N)C(C)OC3CCCCC3)nc2cc1F. The maximum Gasteiger partial charge on any atom is 0.137 e. The van der Waals surface area contributed by atoms with E-state index in [9.17, 15) is 9.50 Å². The van der Waals surface area contributed by atoms with Crippen molar-refractivity contribution in [3.05, 3.63) is 35.1 Å². The van der Waals surface area contributed by atoms with E-state index < -0.39 is 6.23 Å². The molecule has 1 aromatic carbocycles. The van der Waals surface area contributed by atoms with E-state index in [2.05, 4.69) is 15.6 Å². The van der Waals surface area contributed by atoms with Crippen molar-refractivity contribution in [3.8, 4) is 0 Å². The van der Waals surface area contributed by atoms with E-state index in [1.807, 2.05) is 6.92 Å². The number of aryl methyl sites for hydroxylation is 1. The zero-order chi connectivity index (χ0) is 23.3. The topological polar surface area (TPSA) is 116 Å². The molecule has 176 valence electrons. The van der Waals surface area contributed by atoms with Crippen molar-refractivity contribution >= 4 is 22.6 Å². The molecule has 32 heavy (non-hydrogen) atoms. The second-order valence-corrected chi connectivity index (χ2v) is 8.85. The Bertz CT molecular complexity index is 930. The van der Waals surface area contributed by atoms with Gasteiger partial charge < -0.3 is 26.2 Å². The van der Waals surface area contributed by atoms with Crippen LogP contribution in [0.1, 0.15) is 63.5 Å². The monoisotopic (exact) mass is 445 g/mol. The van der Waals surface area contributed by atoms with Crippen molar-refractivity contribution in [2.75, 3.05) is 11.9 Å². The molecule has 2 aromatic rings. The molecular weight excluding hydrogens is 409 g/mol. The number of aliphatic hydroxyl groups is 1. The molecule has 8 heteroatoms. The Hall–Kier alpha value is -2.29. The number of amidine groups is 1. The summed E-state index contributed by atoms with van der Waals surface area (Å²) in [5, 5.41) is 24.6. The molecule has 0 aliphatic heterocycles. The van der Waals surface area contributed by atoms with Crippen molar-refractivity contribution in [2.45, 2.75) is 83.8 Å². The molecule has 1 saturated carbocycles. The molecule has 1 heterocycles. The molecule has 1 fully saturated rings. The summed E-state index contributed by atoms with van der Waals surface area (Å²) in [6, 6.07) is 4.75. The minimum absolute atomic E-state index is 0.0391. The fraction of sp³-hybridized carbons (Fsp3) is 0.583. The van der Waals surface area contributed by atoms with Crippen LogP contribution in [0.25, 0.3) is 10.9 Å². The van der Waals surface area contributed by atoms with E-state index in [-0.39, 0.29) is 23.8 Å². The molecule has 0 amide bonds. The van der Waals surface area contributed by atoms with Crippen LogP contribution in [0.15, 0.2) is 18.2 Å². The average Bonchev–Trinajstić information content (AvgIpc) is 2.74. The van der Waals surface area contributed by atoms with Gasteiger partial charge in [-0.2, -0.15) is 0 Å². The van der Waals surface area contributed by atoms with Gasteiger partial charge >= 0.3 is 0 Å². The van der Waals surface area contributed by atoms with Crippen LogP contribution in [-0.4, -0.2) is 46.9 Å². The molecule has 1 aliphatic rings. The standard InChI is InChI=1S/C24H36FN5O2/c1-14-11-17-12-19(23(27)29-16(3)31)24(30-22(17)13-20(14)25)28-10-9-21(26)15(2)32-18-7-5-4-6-8-18/h11-13,15-16,18,21,31H,4-10,26H2,1-3H3,(H2,27,29)(H,28,30). The van der Waals surface area contributed by atoms with Crippen LogP contribution >= 0.6 is 0 Å². The van der Waals surface area contributed by atoms with E-state index in [1.165, 1.54) is 25.3 Å². The largest absolute Gasteiger partial charge is 0.374 e. The number of rotatable bonds is 9. The number of aromatic nitrogens is 1. The van der Waals surface area contributed by atoms with E-state index in [1.54, 1.807) is 26.0 Å². The Morgan fingerprint density at radius 1 is 1.28 bits per heavy atom. The number of nitrogens with two attached hydrogens (primary N) is 1. The number of nitrogens with zero attached hydrogens (tertiary/aromatic N) is 1. The Labute approximate surface area is 189 Å². The van der Waals surface area contributed by atoms with E-state index in [0.29, 0.717) is 41.5 Å². The molecule has 3 atom stereocenters. The summed E-state index contributed by atoms with van der Waals surface area (Å²) in [5.41, 5.74) is 7.89. The second-order valence-electron chi connectivity index (χ2n) is 8.85. The van der Waals surface area contributed by atoms with Gasteiger partial charge in [-0.05, 0) is 57.7 Å². The van der Waals surface area contributed by atoms with Gasteiger partial charge in [0, 0.05) is 24.0 Å². The van der Waals surface area contributed by atoms with E-state index in [4.69, 9.17) is 15.9 Å². The number of ether oxygens (including phenoxy) is 1. The fourth-order valence-electron chi connectivity index (χ4n) is 4.12. The van der Waals surface area contributed by atoms with Crippen LogP contribution in [-0.2, 0) is 4.74 Å². The third-order valence-corrected chi connectivity index (χ3v) is 6.05. The Kier molecular flexibility index (Phi) is 8.39. The van der Waals surface area contributed by atoms with Gasteiger partial charge in [-0.15, -0.1) is 0 Å². The maximum absolute atomic E-state index is 14.1. The lowest BCUT2D eigenvalue weighted by Crippen LogP contribution is -2.39. The van der Waals surface area contributed by atoms with Crippen LogP contribution in [0.4, 0.5) is 10.2 Å². The van der Waals surface area contributed by atoms with Crippen LogP contribution in [0, 0.1) is 18.2 Å². The van der Waals surface area contributed by atoms with Crippen molar-refractivity contribution in [3.63, 3.8) is 0 Å². The zero-order valence-electron chi connectivity index (χ0n) is 19.2. The van der Waals surface area contributed by atoms with Gasteiger partial charge in [-0.3, -0.25) is 5.41 Å². The normalized spacial score (nSPS) is 17.7. The van der Waals surface area contributed by atoms with Gasteiger partial charge in [-0.25, -0.2) is 9.37 Å². The molecule has 1 aliphatic carbocycles. The lowest BCUT2D eigenvalue weighted by molar-refractivity contribution is -0.0324. The first-order valence-electron chi connectivity index (χ1n) is 11.5. The molecule has 7 nitrogen and oxygen atoms in total. The van der Waals surface area contributed by atoms with E-state index in [0.717, 1.165) is 18.2 Å². The average molecular weight is 446 g/mol. The Balaban J connectivity index is 1.70. The lowest BCUT2D eigenvalue weighted by atomic mass is 9.97. The number of halogens is 1. The first kappa shape index (κ1) is 24.4. The zero-order valence-corrected chi connectivity index (χ0v) is 19.2. The highest BCUT2D eigenvalue weighted by Gasteiger charge is 2.21. The number of fused-ring (bicyclic) bond motifs is 1. The van der Waals surface area contributed by atoms with Gasteiger partial charge in [0.1, 0.15) is 23.7 Å². The van der Waals surface area contributed by atoms with Crippen LogP contribution in [0.2, 0.25) is 0 Å². The lowest BCUT2D eigenvalue weighted by Gasteiger charge is -2.29. The van der Waals surface area contributed by atoms with Crippen LogP contribution in [0.5, 0.6) is 0 Å². The van der Waals surface area contributed by atoms with Gasteiger partial charge in [0.15, 0.2) is 0 Å². The predicted octanol–water partition coefficient (Wildman–Crippen LogP) is 3.80. The molecule has 0 saturated heterocycles. The summed E-state index contributed by atoms with van der Waals surface area (Å²) in [6.45, 7) is 5.79. The summed E-state index contributed by atoms with van der Waals surface area (Å²) in [7, 11) is 0. The summed E-state index contributed by atoms with van der Waals surface area (Å²) in [4.78, 5) is 4.56. The minimum Gasteiger partial charge on any atom is -0.374 e. The van der Waals surface area contributed by atoms with E-state index >= 15 is 0 Å². The second kappa shape index (κ2) is 11.0. The number of benzene rings is 1. The number of hydrogen-bond donors (Lipinski definition) is 5. The number of pyridine rings is 1. The molecule has 3 unspecified atom stereocenters. The predicted molar refractivity (Wildman–Crippen MR) is 127 cm³/mol. The van der Waals surface area contributed by atoms with Crippen molar-refractivity contribution in [1.82, 2.24) is 10.3 Å². The molecule has 6 N–H and O–H groups in total. The molecule has 0 spiro atoms. The van der Waals surface area contributed by atoms with Crippen molar-refractivity contribution in [2.24, 2.45) is 5.73 Å². The molecule has 0 radical (unpaired) electrons. The van der Waals surface area contributed by atoms with Crippen LogP contribution in [0.3, 0.4) is 0 Å². The molecule has 3 rings (SSSR count). The Morgan fingerprint density at radius 3 is 2.69 bits per heavy atom. The number of anilines is 1. The molecule has 0 bridgehead atoms. The third kappa shape index (κ3) is 6.37. The van der Waals surface area contributed by atoms with Crippen molar-refractivity contribution < 1.29 is 14.2 Å². The number of hydrogen-bond acceptors (Lipinski definition) is 6. The summed E-state index contributed by atoms with van der Waals surface area (Å²) in [6.07, 6.45) is 5.97. The first-order chi connectivity index (χ1) is 15.2. The summed E-state index contributed by atoms with van der Waals surface area (Å²) < 4.78 is 20.2.